The molecule has 4 rings (SSSR count). The van der Waals surface area contributed by atoms with Crippen LogP contribution in [0.4, 0.5) is 4.79 Å². The maximum atomic E-state index is 13.4. The molecule has 0 aromatic rings. The summed E-state index contributed by atoms with van der Waals surface area (Å²) < 4.78 is 5.27. The second kappa shape index (κ2) is 6.03. The van der Waals surface area contributed by atoms with E-state index in [1.54, 1.807) is 0 Å². The topological polar surface area (TPSA) is 124 Å². The van der Waals surface area contributed by atoms with Crippen LogP contribution in [0.1, 0.15) is 46.0 Å². The summed E-state index contributed by atoms with van der Waals surface area (Å²) in [5.74, 6) is -1.68. The molecule has 1 spiro atoms. The molecule has 4 aliphatic rings. The zero-order chi connectivity index (χ0) is 20.6. The van der Waals surface area contributed by atoms with Gasteiger partial charge in [0, 0.05) is 12.5 Å². The molecule has 0 heterocycles. The number of ether oxygens (including phenoxy) is 1. The monoisotopic (exact) mass is 394 g/mol. The number of hydrogen-bond acceptors (Lipinski definition) is 6. The van der Waals surface area contributed by atoms with Crippen LogP contribution in [0.5, 0.6) is 0 Å². The molecule has 4 fully saturated rings. The van der Waals surface area contributed by atoms with Crippen molar-refractivity contribution >= 4 is 11.9 Å². The van der Waals surface area contributed by atoms with Gasteiger partial charge in [0.2, 0.25) is 0 Å². The molecule has 0 aromatic heterocycles. The SMILES string of the molecule is C=C1C(=O)C23C(OC(=O)O)CC4C(C)(CO)CCCC4(C)C2CC(O)C1C3O. The van der Waals surface area contributed by atoms with Gasteiger partial charge in [-0.3, -0.25) is 4.79 Å². The van der Waals surface area contributed by atoms with Gasteiger partial charge in [-0.15, -0.1) is 0 Å². The van der Waals surface area contributed by atoms with Gasteiger partial charge in [-0.05, 0) is 53.9 Å². The highest BCUT2D eigenvalue weighted by atomic mass is 16.7. The Morgan fingerprint density at radius 2 is 1.89 bits per heavy atom. The fourth-order valence-electron chi connectivity index (χ4n) is 7.67. The van der Waals surface area contributed by atoms with Crippen LogP contribution >= 0.6 is 0 Å². The first kappa shape index (κ1) is 19.9. The number of ketones is 1. The molecule has 0 saturated heterocycles. The predicted molar refractivity (Wildman–Crippen MR) is 98.3 cm³/mol. The number of aliphatic hydroxyl groups excluding tert-OH is 3. The Morgan fingerprint density at radius 3 is 2.50 bits per heavy atom. The van der Waals surface area contributed by atoms with Crippen LogP contribution in [0.15, 0.2) is 12.2 Å². The van der Waals surface area contributed by atoms with Gasteiger partial charge in [0.1, 0.15) is 11.5 Å². The molecule has 0 radical (unpaired) electrons. The molecule has 4 aliphatic carbocycles. The van der Waals surface area contributed by atoms with E-state index in [0.717, 1.165) is 19.3 Å². The molecule has 156 valence electrons. The lowest BCUT2D eigenvalue weighted by molar-refractivity contribution is -0.243. The Morgan fingerprint density at radius 1 is 1.21 bits per heavy atom. The van der Waals surface area contributed by atoms with Crippen molar-refractivity contribution < 1.29 is 34.8 Å². The molecule has 7 nitrogen and oxygen atoms in total. The van der Waals surface area contributed by atoms with E-state index in [-0.39, 0.29) is 30.3 Å². The molecule has 0 aliphatic heterocycles. The van der Waals surface area contributed by atoms with Crippen molar-refractivity contribution in [3.63, 3.8) is 0 Å². The second-order valence-corrected chi connectivity index (χ2v) is 9.95. The number of carbonyl (C=O) groups is 2. The van der Waals surface area contributed by atoms with E-state index in [1.807, 2.05) is 6.92 Å². The van der Waals surface area contributed by atoms with Gasteiger partial charge < -0.3 is 25.2 Å². The minimum absolute atomic E-state index is 0.0405. The summed E-state index contributed by atoms with van der Waals surface area (Å²) >= 11 is 0. The first-order valence-electron chi connectivity index (χ1n) is 10.1. The Hall–Kier alpha value is -1.44. The maximum absolute atomic E-state index is 13.4. The number of fused-ring (bicyclic) bond motifs is 3. The molecular weight excluding hydrogens is 364 g/mol. The van der Waals surface area contributed by atoms with E-state index in [2.05, 4.69) is 13.5 Å². The summed E-state index contributed by atoms with van der Waals surface area (Å²) in [6, 6.07) is 0. The van der Waals surface area contributed by atoms with Crippen molar-refractivity contribution in [2.75, 3.05) is 6.61 Å². The Kier molecular flexibility index (Phi) is 4.28. The standard InChI is InChI=1S/C21H30O7/c1-10-15-11(23)7-13-20(3)6-4-5-19(2,9-22)12(20)8-14(28-18(26)27)21(13,16(10)24)17(15)25/h11-15,17,22-23,25H,1,4-9H2,2-3H3,(H,26,27). The summed E-state index contributed by atoms with van der Waals surface area (Å²) in [5.41, 5.74) is -2.09. The largest absolute Gasteiger partial charge is 0.506 e. The van der Waals surface area contributed by atoms with Gasteiger partial charge in [0.15, 0.2) is 5.78 Å². The minimum Gasteiger partial charge on any atom is -0.450 e. The van der Waals surface area contributed by atoms with Crippen molar-refractivity contribution in [2.45, 2.75) is 64.3 Å². The van der Waals surface area contributed by atoms with Crippen LogP contribution in [0.3, 0.4) is 0 Å². The molecule has 4 N–H and O–H groups in total. The molecule has 0 amide bonds. The van der Waals surface area contributed by atoms with Crippen LogP contribution in [0, 0.1) is 34.0 Å². The average molecular weight is 394 g/mol. The van der Waals surface area contributed by atoms with Gasteiger partial charge in [-0.1, -0.05) is 26.8 Å². The average Bonchev–Trinajstić information content (AvgIpc) is 2.75. The molecule has 7 heteroatoms. The Labute approximate surface area is 164 Å². The Balaban J connectivity index is 1.92. The zero-order valence-corrected chi connectivity index (χ0v) is 16.4. The van der Waals surface area contributed by atoms with Gasteiger partial charge in [0.25, 0.3) is 0 Å². The summed E-state index contributed by atoms with van der Waals surface area (Å²) in [6.07, 6.45) is -1.60. The van der Waals surface area contributed by atoms with E-state index in [4.69, 9.17) is 4.74 Å². The number of Topliss-reactive ketones (excluding diaryl/α,β-unsaturated/α-hetero) is 1. The van der Waals surface area contributed by atoms with Gasteiger partial charge in [-0.2, -0.15) is 0 Å². The van der Waals surface area contributed by atoms with Crippen molar-refractivity contribution in [1.29, 1.82) is 0 Å². The van der Waals surface area contributed by atoms with Gasteiger partial charge >= 0.3 is 6.16 Å². The van der Waals surface area contributed by atoms with Crippen LogP contribution in [-0.4, -0.2) is 57.3 Å². The van der Waals surface area contributed by atoms with Crippen LogP contribution in [-0.2, 0) is 9.53 Å². The summed E-state index contributed by atoms with van der Waals surface area (Å²) in [7, 11) is 0. The quantitative estimate of drug-likeness (QED) is 0.415. The first-order valence-corrected chi connectivity index (χ1v) is 10.1. The second-order valence-electron chi connectivity index (χ2n) is 9.95. The van der Waals surface area contributed by atoms with Crippen molar-refractivity contribution in [2.24, 2.45) is 34.0 Å². The van der Waals surface area contributed by atoms with Crippen molar-refractivity contribution in [3.05, 3.63) is 12.2 Å². The third kappa shape index (κ3) is 2.15. The fraction of sp³-hybridized carbons (Fsp3) is 0.810. The number of rotatable bonds is 2. The maximum Gasteiger partial charge on any atom is 0.506 e. The molecule has 2 bridgehead atoms. The van der Waals surface area contributed by atoms with E-state index in [1.165, 1.54) is 0 Å². The highest BCUT2D eigenvalue weighted by Gasteiger charge is 2.76. The highest BCUT2D eigenvalue weighted by Crippen LogP contribution is 2.71. The van der Waals surface area contributed by atoms with E-state index >= 15 is 0 Å². The lowest BCUT2D eigenvalue weighted by Gasteiger charge is -2.65. The number of carbonyl (C=O) groups excluding carboxylic acids is 1. The van der Waals surface area contributed by atoms with E-state index < -0.39 is 52.5 Å². The number of carboxylic acid groups (broad SMARTS) is 1. The van der Waals surface area contributed by atoms with Gasteiger partial charge in [0.05, 0.1) is 12.2 Å². The molecule has 4 saturated carbocycles. The molecule has 9 atom stereocenters. The molecular formula is C21H30O7. The smallest absolute Gasteiger partial charge is 0.450 e. The Bertz CT molecular complexity index is 734. The van der Waals surface area contributed by atoms with Gasteiger partial charge in [-0.25, -0.2) is 4.79 Å². The summed E-state index contributed by atoms with van der Waals surface area (Å²) in [4.78, 5) is 25.0. The fourth-order valence-corrected chi connectivity index (χ4v) is 7.67. The highest BCUT2D eigenvalue weighted by molar-refractivity contribution is 6.04. The number of aliphatic hydroxyl groups is 3. The zero-order valence-electron chi connectivity index (χ0n) is 16.4. The summed E-state index contributed by atoms with van der Waals surface area (Å²) in [6.45, 7) is 7.87. The number of hydrogen-bond donors (Lipinski definition) is 4. The normalized spacial score (nSPS) is 52.8. The van der Waals surface area contributed by atoms with Crippen LogP contribution in [0.25, 0.3) is 0 Å². The van der Waals surface area contributed by atoms with Crippen LogP contribution in [0.2, 0.25) is 0 Å². The summed E-state index contributed by atoms with van der Waals surface area (Å²) in [5, 5.41) is 41.5. The lowest BCUT2D eigenvalue weighted by atomic mass is 9.39. The third-order valence-electron chi connectivity index (χ3n) is 8.87. The van der Waals surface area contributed by atoms with Crippen LogP contribution < -0.4 is 0 Å². The van der Waals surface area contributed by atoms with E-state index in [0.29, 0.717) is 6.42 Å². The minimum atomic E-state index is -1.48. The third-order valence-corrected chi connectivity index (χ3v) is 8.87. The molecule has 28 heavy (non-hydrogen) atoms. The molecule has 9 unspecified atom stereocenters. The van der Waals surface area contributed by atoms with Crippen molar-refractivity contribution in [3.8, 4) is 0 Å². The van der Waals surface area contributed by atoms with E-state index in [9.17, 15) is 30.0 Å². The predicted octanol–water partition coefficient (Wildman–Crippen LogP) is 1.74. The lowest BCUT2D eigenvalue weighted by Crippen LogP contribution is -2.69. The first-order chi connectivity index (χ1) is 13.0. The molecule has 0 aromatic carbocycles. The van der Waals surface area contributed by atoms with Crippen molar-refractivity contribution in [1.82, 2.24) is 0 Å².